The second-order valence-electron chi connectivity index (χ2n) is 7.15. The van der Waals surface area contributed by atoms with Gasteiger partial charge in [0.05, 0.1) is 12.5 Å². The number of benzene rings is 1. The monoisotopic (exact) mass is 332 g/mol. The number of unbranched alkanes of at least 4 members (excludes halogenated alkanes) is 1. The number of carbonyl (C=O) groups is 2. The molecule has 0 aliphatic rings. The molecule has 3 heteroatoms. The van der Waals surface area contributed by atoms with Crippen molar-refractivity contribution in [1.29, 1.82) is 0 Å². The van der Waals surface area contributed by atoms with Crippen LogP contribution in [-0.4, -0.2) is 18.4 Å². The van der Waals surface area contributed by atoms with Crippen LogP contribution in [0.4, 0.5) is 0 Å². The van der Waals surface area contributed by atoms with E-state index >= 15 is 0 Å². The Morgan fingerprint density at radius 1 is 1.04 bits per heavy atom. The zero-order valence-electron chi connectivity index (χ0n) is 15.8. The van der Waals surface area contributed by atoms with Gasteiger partial charge >= 0.3 is 5.97 Å². The zero-order chi connectivity index (χ0) is 18.1. The third-order valence-corrected chi connectivity index (χ3v) is 4.26. The van der Waals surface area contributed by atoms with Crippen molar-refractivity contribution in [2.45, 2.75) is 66.2 Å². The highest BCUT2D eigenvalue weighted by Gasteiger charge is 2.22. The summed E-state index contributed by atoms with van der Waals surface area (Å²) in [7, 11) is 0. The number of esters is 1. The van der Waals surface area contributed by atoms with E-state index in [-0.39, 0.29) is 30.0 Å². The summed E-state index contributed by atoms with van der Waals surface area (Å²) in [5.74, 6) is -0.127. The van der Waals surface area contributed by atoms with Crippen LogP contribution >= 0.6 is 0 Å². The first-order valence-electron chi connectivity index (χ1n) is 9.13. The second kappa shape index (κ2) is 10.3. The summed E-state index contributed by atoms with van der Waals surface area (Å²) in [5.41, 5.74) is 2.31. The molecule has 0 aliphatic heterocycles. The highest BCUT2D eigenvalue weighted by molar-refractivity contribution is 5.89. The molecule has 0 saturated carbocycles. The molecule has 0 radical (unpaired) electrons. The molecule has 24 heavy (non-hydrogen) atoms. The van der Waals surface area contributed by atoms with E-state index in [2.05, 4.69) is 32.9 Å². The predicted octanol–water partition coefficient (Wildman–Crippen LogP) is 4.93. The second-order valence-corrected chi connectivity index (χ2v) is 7.15. The molecule has 134 valence electrons. The Balaban J connectivity index is 2.55. The highest BCUT2D eigenvalue weighted by atomic mass is 16.5. The summed E-state index contributed by atoms with van der Waals surface area (Å²) in [6, 6.07) is 8.26. The molecule has 0 saturated heterocycles. The standard InChI is InChI=1S/C21H32O3/c1-6-7-12-24-21(23)16(4)14-20(22)17(5)19-10-8-18(9-11-19)13-15(2)3/h8-11,15-17H,6-7,12-14H2,1-5H3/t16-,17?/m1/s1. The van der Waals surface area contributed by atoms with Gasteiger partial charge in [-0.3, -0.25) is 9.59 Å². The number of rotatable bonds is 10. The van der Waals surface area contributed by atoms with E-state index in [4.69, 9.17) is 4.74 Å². The maximum Gasteiger partial charge on any atom is 0.309 e. The molecule has 1 aromatic carbocycles. The molecule has 1 unspecified atom stereocenters. The molecule has 0 heterocycles. The van der Waals surface area contributed by atoms with Crippen LogP contribution in [0.1, 0.15) is 70.9 Å². The number of Topliss-reactive ketones (excluding diaryl/α,β-unsaturated/α-hetero) is 1. The van der Waals surface area contributed by atoms with Gasteiger partial charge in [0.1, 0.15) is 5.78 Å². The molecule has 0 N–H and O–H groups in total. The highest BCUT2D eigenvalue weighted by Crippen LogP contribution is 2.21. The van der Waals surface area contributed by atoms with Gasteiger partial charge in [-0.15, -0.1) is 0 Å². The fourth-order valence-corrected chi connectivity index (χ4v) is 2.62. The van der Waals surface area contributed by atoms with Crippen molar-refractivity contribution < 1.29 is 14.3 Å². The van der Waals surface area contributed by atoms with Crippen LogP contribution in [0.5, 0.6) is 0 Å². The van der Waals surface area contributed by atoms with Crippen molar-refractivity contribution >= 4 is 11.8 Å². The van der Waals surface area contributed by atoms with Crippen molar-refractivity contribution in [2.75, 3.05) is 6.61 Å². The first-order chi connectivity index (χ1) is 11.3. The maximum atomic E-state index is 12.4. The average molecular weight is 332 g/mol. The number of ether oxygens (including phenoxy) is 1. The Kier molecular flexibility index (Phi) is 8.73. The largest absolute Gasteiger partial charge is 0.465 e. The SMILES string of the molecule is CCCCOC(=O)[C@H](C)CC(=O)C(C)c1ccc(CC(C)C)cc1. The number of hydrogen-bond donors (Lipinski definition) is 0. The van der Waals surface area contributed by atoms with Crippen LogP contribution in [0.15, 0.2) is 24.3 Å². The van der Waals surface area contributed by atoms with Gasteiger partial charge in [-0.25, -0.2) is 0 Å². The van der Waals surface area contributed by atoms with Crippen molar-refractivity contribution in [3.63, 3.8) is 0 Å². The van der Waals surface area contributed by atoms with Crippen LogP contribution in [0.3, 0.4) is 0 Å². The quantitative estimate of drug-likeness (QED) is 0.451. The summed E-state index contributed by atoms with van der Waals surface area (Å²) in [6.07, 6.45) is 3.14. The predicted molar refractivity (Wildman–Crippen MR) is 98.1 cm³/mol. The molecule has 0 amide bonds. The molecule has 0 spiro atoms. The lowest BCUT2D eigenvalue weighted by Gasteiger charge is -2.15. The fourth-order valence-electron chi connectivity index (χ4n) is 2.62. The van der Waals surface area contributed by atoms with Crippen molar-refractivity contribution in [3.05, 3.63) is 35.4 Å². The van der Waals surface area contributed by atoms with Gasteiger partial charge in [-0.2, -0.15) is 0 Å². The van der Waals surface area contributed by atoms with Crippen LogP contribution in [-0.2, 0) is 20.7 Å². The summed E-state index contributed by atoms with van der Waals surface area (Å²) in [5, 5.41) is 0. The van der Waals surface area contributed by atoms with Gasteiger partial charge in [0, 0.05) is 12.3 Å². The Hall–Kier alpha value is -1.64. The van der Waals surface area contributed by atoms with Gasteiger partial charge < -0.3 is 4.74 Å². The topological polar surface area (TPSA) is 43.4 Å². The fraction of sp³-hybridized carbons (Fsp3) is 0.619. The molecule has 0 aliphatic carbocycles. The van der Waals surface area contributed by atoms with E-state index in [1.165, 1.54) is 5.56 Å². The molecular formula is C21H32O3. The Morgan fingerprint density at radius 2 is 1.67 bits per heavy atom. The lowest BCUT2D eigenvalue weighted by molar-refractivity contribution is -0.149. The van der Waals surface area contributed by atoms with Crippen molar-refractivity contribution in [3.8, 4) is 0 Å². The van der Waals surface area contributed by atoms with E-state index in [1.807, 2.05) is 19.1 Å². The molecule has 1 aromatic rings. The summed E-state index contributed by atoms with van der Waals surface area (Å²) in [6.45, 7) is 10.6. The molecule has 3 nitrogen and oxygen atoms in total. The van der Waals surface area contributed by atoms with Crippen LogP contribution in [0, 0.1) is 11.8 Å². The summed E-state index contributed by atoms with van der Waals surface area (Å²) in [4.78, 5) is 24.3. The minimum Gasteiger partial charge on any atom is -0.465 e. The molecule has 0 fully saturated rings. The normalized spacial score (nSPS) is 13.6. The zero-order valence-corrected chi connectivity index (χ0v) is 15.8. The lowest BCUT2D eigenvalue weighted by atomic mass is 9.90. The van der Waals surface area contributed by atoms with Gasteiger partial charge in [-0.1, -0.05) is 65.3 Å². The lowest BCUT2D eigenvalue weighted by Crippen LogP contribution is -2.21. The third-order valence-electron chi connectivity index (χ3n) is 4.26. The first kappa shape index (κ1) is 20.4. The van der Waals surface area contributed by atoms with E-state index in [1.54, 1.807) is 6.92 Å². The van der Waals surface area contributed by atoms with Crippen LogP contribution in [0.2, 0.25) is 0 Å². The Bertz CT molecular complexity index is 516. The van der Waals surface area contributed by atoms with Crippen LogP contribution in [0.25, 0.3) is 0 Å². The third kappa shape index (κ3) is 6.86. The summed E-state index contributed by atoms with van der Waals surface area (Å²) >= 11 is 0. The Labute approximate surface area is 146 Å². The molecule has 0 bridgehead atoms. The molecular weight excluding hydrogens is 300 g/mol. The minimum atomic E-state index is -0.378. The average Bonchev–Trinajstić information content (AvgIpc) is 2.54. The molecule has 0 aromatic heterocycles. The molecule has 1 rings (SSSR count). The van der Waals surface area contributed by atoms with E-state index in [9.17, 15) is 9.59 Å². The van der Waals surface area contributed by atoms with Crippen LogP contribution < -0.4 is 0 Å². The number of hydrogen-bond acceptors (Lipinski definition) is 3. The minimum absolute atomic E-state index is 0.0894. The van der Waals surface area contributed by atoms with Crippen molar-refractivity contribution in [1.82, 2.24) is 0 Å². The summed E-state index contributed by atoms with van der Waals surface area (Å²) < 4.78 is 5.19. The Morgan fingerprint density at radius 3 is 2.21 bits per heavy atom. The van der Waals surface area contributed by atoms with Gasteiger partial charge in [0.2, 0.25) is 0 Å². The van der Waals surface area contributed by atoms with E-state index in [0.717, 1.165) is 24.8 Å². The maximum absolute atomic E-state index is 12.4. The first-order valence-corrected chi connectivity index (χ1v) is 9.13. The van der Waals surface area contributed by atoms with Gasteiger partial charge in [0.15, 0.2) is 0 Å². The number of ketones is 1. The van der Waals surface area contributed by atoms with Gasteiger partial charge in [-0.05, 0) is 29.9 Å². The molecule has 2 atom stereocenters. The van der Waals surface area contributed by atoms with Crippen molar-refractivity contribution in [2.24, 2.45) is 11.8 Å². The van der Waals surface area contributed by atoms with E-state index < -0.39 is 0 Å². The van der Waals surface area contributed by atoms with E-state index in [0.29, 0.717) is 12.5 Å². The van der Waals surface area contributed by atoms with Gasteiger partial charge in [0.25, 0.3) is 0 Å². The number of carbonyl (C=O) groups excluding carboxylic acids is 2. The smallest absolute Gasteiger partial charge is 0.309 e.